The van der Waals surface area contributed by atoms with Crippen molar-refractivity contribution >= 4 is 22.6 Å². The van der Waals surface area contributed by atoms with Crippen LogP contribution in [0.3, 0.4) is 0 Å². The summed E-state index contributed by atoms with van der Waals surface area (Å²) < 4.78 is 18.2. The number of carbonyl (C=O) groups is 1. The zero-order valence-corrected chi connectivity index (χ0v) is 22.8. The van der Waals surface area contributed by atoms with Crippen molar-refractivity contribution in [1.82, 2.24) is 5.16 Å². The fraction of sp³-hybridized carbons (Fsp3) is 0.455. The van der Waals surface area contributed by atoms with Crippen LogP contribution in [-0.2, 0) is 11.3 Å². The second-order valence-corrected chi connectivity index (χ2v) is 12.2. The van der Waals surface area contributed by atoms with Crippen LogP contribution in [0.2, 0.25) is 0 Å². The zero-order chi connectivity index (χ0) is 27.0. The summed E-state index contributed by atoms with van der Waals surface area (Å²) in [6, 6.07) is 15.2. The van der Waals surface area contributed by atoms with Gasteiger partial charge in [0.05, 0.1) is 12.7 Å². The number of carboxylic acid groups (broad SMARTS) is 1. The monoisotopic (exact) mass is 538 g/mol. The molecule has 0 amide bonds. The van der Waals surface area contributed by atoms with Gasteiger partial charge in [0, 0.05) is 40.2 Å². The molecule has 2 saturated heterocycles. The van der Waals surface area contributed by atoms with Crippen molar-refractivity contribution in [3.05, 3.63) is 70.7 Å². The summed E-state index contributed by atoms with van der Waals surface area (Å²) in [5, 5.41) is 14.9. The van der Waals surface area contributed by atoms with Gasteiger partial charge in [-0.1, -0.05) is 29.4 Å². The maximum absolute atomic E-state index is 11.5. The Hall–Kier alpha value is -3.58. The predicted molar refractivity (Wildman–Crippen MR) is 151 cm³/mol. The quantitative estimate of drug-likeness (QED) is 0.247. The molecule has 4 aromatic rings. The van der Waals surface area contributed by atoms with Gasteiger partial charge in [-0.05, 0) is 93.5 Å². The number of aryl methyl sites for hydroxylation is 1. The van der Waals surface area contributed by atoms with E-state index in [1.54, 1.807) is 6.07 Å². The molecule has 2 bridgehead atoms. The number of ether oxygens (including phenoxy) is 1. The third-order valence-corrected chi connectivity index (χ3v) is 9.58. The van der Waals surface area contributed by atoms with E-state index >= 15 is 0 Å². The van der Waals surface area contributed by atoms with Crippen molar-refractivity contribution in [3.8, 4) is 11.3 Å². The van der Waals surface area contributed by atoms with Crippen LogP contribution in [0.15, 0.2) is 51.4 Å². The zero-order valence-electron chi connectivity index (χ0n) is 22.8. The molecule has 2 unspecified atom stereocenters. The Kier molecular flexibility index (Phi) is 5.59. The highest BCUT2D eigenvalue weighted by atomic mass is 16.5. The standard InChI is InChI=1S/C33H34N2O5/c1-18-26-16-30(33(36)37)39-29(26)13-12-28(18)35-21-10-11-22(35)15-23(14-21)38-17-27-31(34-40-32(27)20-8-9-20)25-5-3-2-4-24(25)19-6-7-19/h2-5,12-13,16,19-23H,6-11,14-15,17H2,1H3,(H,36,37)/t21-,22?,23?/m0/s1. The molecule has 206 valence electrons. The minimum Gasteiger partial charge on any atom is -0.475 e. The van der Waals surface area contributed by atoms with Crippen LogP contribution in [0.25, 0.3) is 22.2 Å². The first-order valence-electron chi connectivity index (χ1n) is 14.8. The maximum Gasteiger partial charge on any atom is 0.371 e. The SMILES string of the molecule is Cc1c(N2C3CC[C@H]2CC(OCc2c(-c4ccccc4C4CC4)noc2C2CC2)C3)ccc2oc(C(=O)O)cc12. The molecule has 3 atom stereocenters. The lowest BCUT2D eigenvalue weighted by molar-refractivity contribution is 0.0147. The van der Waals surface area contributed by atoms with Gasteiger partial charge in [-0.3, -0.25) is 0 Å². The van der Waals surface area contributed by atoms with Gasteiger partial charge in [-0.25, -0.2) is 4.79 Å². The molecule has 0 radical (unpaired) electrons. The lowest BCUT2D eigenvalue weighted by atomic mass is 9.96. The van der Waals surface area contributed by atoms with Crippen LogP contribution in [0.4, 0.5) is 5.69 Å². The van der Waals surface area contributed by atoms with E-state index in [1.807, 2.05) is 6.07 Å². The Morgan fingerprint density at radius 1 is 1.02 bits per heavy atom. The summed E-state index contributed by atoms with van der Waals surface area (Å²) in [5.74, 6) is 1.11. The molecule has 4 fully saturated rings. The average molecular weight is 539 g/mol. The summed E-state index contributed by atoms with van der Waals surface area (Å²) >= 11 is 0. The van der Waals surface area contributed by atoms with E-state index in [0.29, 0.717) is 36.1 Å². The van der Waals surface area contributed by atoms with Crippen LogP contribution in [0.1, 0.15) is 96.2 Å². The number of fused-ring (bicyclic) bond motifs is 3. The number of anilines is 1. The topological polar surface area (TPSA) is 88.9 Å². The Balaban J connectivity index is 1.03. The van der Waals surface area contributed by atoms with Gasteiger partial charge in [-0.2, -0.15) is 0 Å². The molecule has 7 heteroatoms. The molecule has 40 heavy (non-hydrogen) atoms. The summed E-state index contributed by atoms with van der Waals surface area (Å²) in [6.45, 7) is 2.62. The normalized spacial score (nSPS) is 24.2. The lowest BCUT2D eigenvalue weighted by Crippen LogP contribution is -2.45. The number of rotatable bonds is 8. The van der Waals surface area contributed by atoms with Crippen molar-refractivity contribution in [3.63, 3.8) is 0 Å². The van der Waals surface area contributed by atoms with E-state index in [4.69, 9.17) is 13.7 Å². The van der Waals surface area contributed by atoms with E-state index in [9.17, 15) is 9.90 Å². The van der Waals surface area contributed by atoms with Crippen LogP contribution in [0, 0.1) is 6.92 Å². The van der Waals surface area contributed by atoms with E-state index in [0.717, 1.165) is 53.7 Å². The Labute approximate surface area is 233 Å². The smallest absolute Gasteiger partial charge is 0.371 e. The summed E-state index contributed by atoms with van der Waals surface area (Å²) in [4.78, 5) is 14.0. The van der Waals surface area contributed by atoms with E-state index in [2.05, 4.69) is 47.3 Å². The van der Waals surface area contributed by atoms with Crippen molar-refractivity contribution in [1.29, 1.82) is 0 Å². The molecule has 4 heterocycles. The van der Waals surface area contributed by atoms with E-state index < -0.39 is 5.97 Å². The number of hydrogen-bond acceptors (Lipinski definition) is 6. The number of aromatic nitrogens is 1. The van der Waals surface area contributed by atoms with Crippen LogP contribution < -0.4 is 4.90 Å². The van der Waals surface area contributed by atoms with E-state index in [1.165, 1.54) is 42.5 Å². The van der Waals surface area contributed by atoms with Crippen molar-refractivity contribution < 1.29 is 23.6 Å². The molecule has 4 aliphatic rings. The highest BCUT2D eigenvalue weighted by Crippen LogP contribution is 2.49. The molecule has 2 aliphatic heterocycles. The fourth-order valence-corrected chi connectivity index (χ4v) is 7.28. The number of benzene rings is 2. The van der Waals surface area contributed by atoms with Crippen LogP contribution >= 0.6 is 0 Å². The van der Waals surface area contributed by atoms with Gasteiger partial charge in [-0.15, -0.1) is 0 Å². The number of carboxylic acids is 1. The van der Waals surface area contributed by atoms with Crippen molar-refractivity contribution in [2.45, 2.75) is 94.9 Å². The first-order valence-corrected chi connectivity index (χ1v) is 14.8. The molecule has 0 spiro atoms. The molecule has 7 nitrogen and oxygen atoms in total. The second-order valence-electron chi connectivity index (χ2n) is 12.2. The van der Waals surface area contributed by atoms with E-state index in [-0.39, 0.29) is 11.9 Å². The summed E-state index contributed by atoms with van der Waals surface area (Å²) in [5.41, 5.74) is 7.64. The minimum atomic E-state index is -1.04. The molecular formula is C33H34N2O5. The van der Waals surface area contributed by atoms with Crippen molar-refractivity contribution in [2.24, 2.45) is 0 Å². The minimum absolute atomic E-state index is 0.0104. The predicted octanol–water partition coefficient (Wildman–Crippen LogP) is 7.57. The van der Waals surface area contributed by atoms with Gasteiger partial charge in [0.1, 0.15) is 17.0 Å². The molecule has 2 saturated carbocycles. The van der Waals surface area contributed by atoms with Crippen LogP contribution in [-0.4, -0.2) is 34.4 Å². The largest absolute Gasteiger partial charge is 0.475 e. The lowest BCUT2D eigenvalue weighted by Gasteiger charge is -2.41. The molecule has 2 aliphatic carbocycles. The molecular weight excluding hydrogens is 504 g/mol. The fourth-order valence-electron chi connectivity index (χ4n) is 7.28. The Bertz CT molecular complexity index is 1600. The molecule has 2 aromatic heterocycles. The van der Waals surface area contributed by atoms with Gasteiger partial charge >= 0.3 is 5.97 Å². The first kappa shape index (κ1) is 24.2. The third kappa shape index (κ3) is 4.05. The molecule has 1 N–H and O–H groups in total. The summed E-state index contributed by atoms with van der Waals surface area (Å²) in [6.07, 6.45) is 9.30. The highest BCUT2D eigenvalue weighted by Gasteiger charge is 2.42. The molecule has 8 rings (SSSR count). The van der Waals surface area contributed by atoms with Crippen molar-refractivity contribution in [2.75, 3.05) is 4.90 Å². The molecule has 2 aromatic carbocycles. The van der Waals surface area contributed by atoms with Gasteiger partial charge < -0.3 is 23.7 Å². The third-order valence-electron chi connectivity index (χ3n) is 9.58. The van der Waals surface area contributed by atoms with Gasteiger partial charge in [0.25, 0.3) is 0 Å². The average Bonchev–Trinajstić information content (AvgIpc) is 3.88. The maximum atomic E-state index is 11.5. The number of nitrogens with zero attached hydrogens (tertiary/aromatic N) is 2. The Morgan fingerprint density at radius 3 is 2.50 bits per heavy atom. The van der Waals surface area contributed by atoms with Gasteiger partial charge in [0.2, 0.25) is 5.76 Å². The summed E-state index contributed by atoms with van der Waals surface area (Å²) in [7, 11) is 0. The highest BCUT2D eigenvalue weighted by molar-refractivity contribution is 5.94. The number of hydrogen-bond donors (Lipinski definition) is 1. The number of piperidine rings is 1. The number of furan rings is 1. The van der Waals surface area contributed by atoms with Crippen LogP contribution in [0.5, 0.6) is 0 Å². The Morgan fingerprint density at radius 2 is 1.77 bits per heavy atom. The number of aromatic carboxylic acids is 1. The second kappa shape index (κ2) is 9.23. The van der Waals surface area contributed by atoms with Gasteiger partial charge in [0.15, 0.2) is 0 Å². The first-order chi connectivity index (χ1) is 19.5.